The second-order valence-corrected chi connectivity index (χ2v) is 9.13. The molecule has 0 aliphatic rings. The number of hydrogen-bond donors (Lipinski definition) is 3. The van der Waals surface area contributed by atoms with E-state index in [9.17, 15) is 14.4 Å². The number of aryl methyl sites for hydroxylation is 1. The number of carbonyl (C=O) groups excluding carboxylic acids is 3. The number of imide groups is 1. The molecule has 0 radical (unpaired) electrons. The molecule has 1 heterocycles. The smallest absolute Gasteiger partial charge is 0.321 e. The Hall–Kier alpha value is -2.10. The van der Waals surface area contributed by atoms with Gasteiger partial charge in [-0.3, -0.25) is 14.9 Å². The van der Waals surface area contributed by atoms with Crippen LogP contribution >= 0.6 is 11.8 Å². The second-order valence-electron chi connectivity index (χ2n) is 7.82. The van der Waals surface area contributed by atoms with E-state index < -0.39 is 28.6 Å². The number of hydrogen-bond acceptors (Lipinski definition) is 6. The fraction of sp³-hybridized carbons (Fsp3) is 0.706. The zero-order chi connectivity index (χ0) is 20.8. The molecule has 0 spiro atoms. The van der Waals surface area contributed by atoms with Gasteiger partial charge in [-0.2, -0.15) is 0 Å². The summed E-state index contributed by atoms with van der Waals surface area (Å²) in [6, 6.07) is -0.536. The standard InChI is InChI=1S/C17H30N6O3S/c1-10(2)9-23-13(8-7-12(18)24)21-22-16(23)27-11(3)14(25)19-15(26)20-17(4,5)6/h10-11H,7-9H2,1-6H3,(H2,18,24)(H2,19,20,25,26)/t11-/m1/s1. The Balaban J connectivity index is 2.82. The van der Waals surface area contributed by atoms with Crippen LogP contribution in [0.2, 0.25) is 0 Å². The molecule has 27 heavy (non-hydrogen) atoms. The summed E-state index contributed by atoms with van der Waals surface area (Å²) in [4.78, 5) is 35.2. The highest BCUT2D eigenvalue weighted by Crippen LogP contribution is 2.24. The first-order valence-electron chi connectivity index (χ1n) is 8.89. The number of nitrogens with two attached hydrogens (primary N) is 1. The molecule has 0 unspecified atom stereocenters. The minimum absolute atomic E-state index is 0.184. The number of primary amides is 1. The molecule has 9 nitrogen and oxygen atoms in total. The van der Waals surface area contributed by atoms with Crippen molar-refractivity contribution < 1.29 is 14.4 Å². The lowest BCUT2D eigenvalue weighted by molar-refractivity contribution is -0.119. The van der Waals surface area contributed by atoms with E-state index in [4.69, 9.17) is 5.73 Å². The van der Waals surface area contributed by atoms with Gasteiger partial charge in [0.15, 0.2) is 5.16 Å². The lowest BCUT2D eigenvalue weighted by Crippen LogP contribution is -2.49. The van der Waals surface area contributed by atoms with Crippen LogP contribution in [0.5, 0.6) is 0 Å². The van der Waals surface area contributed by atoms with Gasteiger partial charge in [-0.1, -0.05) is 25.6 Å². The van der Waals surface area contributed by atoms with Gasteiger partial charge in [-0.15, -0.1) is 10.2 Å². The predicted molar refractivity (Wildman–Crippen MR) is 104 cm³/mol. The summed E-state index contributed by atoms with van der Waals surface area (Å²) in [6.45, 7) is 12.0. The number of thioether (sulfide) groups is 1. The number of amides is 4. The lowest BCUT2D eigenvalue weighted by Gasteiger charge is -2.21. The summed E-state index contributed by atoms with van der Waals surface area (Å²) in [5.41, 5.74) is 4.78. The van der Waals surface area contributed by atoms with Gasteiger partial charge >= 0.3 is 6.03 Å². The Morgan fingerprint density at radius 1 is 1.19 bits per heavy atom. The highest BCUT2D eigenvalue weighted by Gasteiger charge is 2.23. The highest BCUT2D eigenvalue weighted by molar-refractivity contribution is 8.00. The van der Waals surface area contributed by atoms with Crippen molar-refractivity contribution >= 4 is 29.6 Å². The normalized spacial score (nSPS) is 12.7. The molecule has 1 aromatic heterocycles. The number of aromatic nitrogens is 3. The Bertz CT molecular complexity index is 681. The van der Waals surface area contributed by atoms with Gasteiger partial charge in [-0.25, -0.2) is 4.79 Å². The van der Waals surface area contributed by atoms with Crippen LogP contribution in [-0.2, 0) is 22.6 Å². The van der Waals surface area contributed by atoms with Crippen molar-refractivity contribution in [1.29, 1.82) is 0 Å². The topological polar surface area (TPSA) is 132 Å². The maximum atomic E-state index is 12.3. The van der Waals surface area contributed by atoms with Gasteiger partial charge in [0.2, 0.25) is 11.8 Å². The van der Waals surface area contributed by atoms with Gasteiger partial charge in [-0.05, 0) is 33.6 Å². The molecule has 0 aliphatic heterocycles. The Morgan fingerprint density at radius 3 is 2.33 bits per heavy atom. The minimum atomic E-state index is -0.546. The average Bonchev–Trinajstić information content (AvgIpc) is 2.84. The largest absolute Gasteiger partial charge is 0.370 e. The van der Waals surface area contributed by atoms with Crippen molar-refractivity contribution in [2.75, 3.05) is 0 Å². The van der Waals surface area contributed by atoms with Crippen LogP contribution in [0.4, 0.5) is 4.79 Å². The van der Waals surface area contributed by atoms with Crippen LogP contribution in [0.3, 0.4) is 0 Å². The van der Waals surface area contributed by atoms with Gasteiger partial charge in [0.1, 0.15) is 5.82 Å². The molecule has 0 saturated carbocycles. The molecular weight excluding hydrogens is 368 g/mol. The molecule has 0 aromatic carbocycles. The van der Waals surface area contributed by atoms with E-state index in [1.54, 1.807) is 6.92 Å². The maximum Gasteiger partial charge on any atom is 0.321 e. The summed E-state index contributed by atoms with van der Waals surface area (Å²) in [5.74, 6) is 0.165. The molecule has 1 atom stereocenters. The summed E-state index contributed by atoms with van der Waals surface area (Å²) >= 11 is 1.22. The van der Waals surface area contributed by atoms with Gasteiger partial charge < -0.3 is 15.6 Å². The van der Waals surface area contributed by atoms with Gasteiger partial charge in [0.25, 0.3) is 0 Å². The van der Waals surface area contributed by atoms with Crippen LogP contribution in [0, 0.1) is 5.92 Å². The van der Waals surface area contributed by atoms with Crippen molar-refractivity contribution in [1.82, 2.24) is 25.4 Å². The lowest BCUT2D eigenvalue weighted by atomic mass is 10.1. The zero-order valence-electron chi connectivity index (χ0n) is 16.8. The predicted octanol–water partition coefficient (Wildman–Crippen LogP) is 1.46. The van der Waals surface area contributed by atoms with Crippen molar-refractivity contribution in [3.63, 3.8) is 0 Å². The minimum Gasteiger partial charge on any atom is -0.370 e. The molecular formula is C17H30N6O3S. The van der Waals surface area contributed by atoms with Crippen molar-refractivity contribution in [2.45, 2.75) is 76.9 Å². The molecule has 0 bridgehead atoms. The van der Waals surface area contributed by atoms with Gasteiger partial charge in [0, 0.05) is 24.9 Å². The van der Waals surface area contributed by atoms with E-state index >= 15 is 0 Å². The van der Waals surface area contributed by atoms with E-state index in [0.717, 1.165) is 0 Å². The first-order chi connectivity index (χ1) is 12.4. The summed E-state index contributed by atoms with van der Waals surface area (Å²) in [5, 5.41) is 13.3. The highest BCUT2D eigenvalue weighted by atomic mass is 32.2. The number of rotatable bonds is 8. The summed E-state index contributed by atoms with van der Waals surface area (Å²) < 4.78 is 1.90. The third-order valence-corrected chi connectivity index (χ3v) is 4.39. The van der Waals surface area contributed by atoms with E-state index in [-0.39, 0.29) is 6.42 Å². The molecule has 10 heteroatoms. The van der Waals surface area contributed by atoms with Crippen LogP contribution in [0.15, 0.2) is 5.16 Å². The van der Waals surface area contributed by atoms with E-state index in [2.05, 4.69) is 34.7 Å². The molecule has 1 aromatic rings. The number of carbonyl (C=O) groups is 3. The third kappa shape index (κ3) is 8.42. The molecule has 4 amide bonds. The molecule has 0 fully saturated rings. The van der Waals surface area contributed by atoms with Crippen LogP contribution in [0.25, 0.3) is 0 Å². The van der Waals surface area contributed by atoms with Crippen molar-refractivity contribution in [3.8, 4) is 0 Å². The molecule has 0 aliphatic carbocycles. The van der Waals surface area contributed by atoms with E-state index in [1.165, 1.54) is 11.8 Å². The van der Waals surface area contributed by atoms with Crippen LogP contribution < -0.4 is 16.4 Å². The zero-order valence-corrected chi connectivity index (χ0v) is 17.6. The van der Waals surface area contributed by atoms with Crippen molar-refractivity contribution in [3.05, 3.63) is 5.82 Å². The fourth-order valence-electron chi connectivity index (χ4n) is 2.17. The fourth-order valence-corrected chi connectivity index (χ4v) is 3.05. The monoisotopic (exact) mass is 398 g/mol. The van der Waals surface area contributed by atoms with Gasteiger partial charge in [0.05, 0.1) is 5.25 Å². The average molecular weight is 399 g/mol. The third-order valence-electron chi connectivity index (χ3n) is 3.31. The maximum absolute atomic E-state index is 12.3. The first-order valence-corrected chi connectivity index (χ1v) is 9.77. The van der Waals surface area contributed by atoms with E-state index in [1.807, 2.05) is 25.3 Å². The number of nitrogens with one attached hydrogen (secondary N) is 2. The summed E-state index contributed by atoms with van der Waals surface area (Å²) in [7, 11) is 0. The molecule has 152 valence electrons. The molecule has 4 N–H and O–H groups in total. The Kier molecular flexibility index (Phi) is 8.26. The van der Waals surface area contributed by atoms with Crippen LogP contribution in [-0.4, -0.2) is 43.4 Å². The number of nitrogens with zero attached hydrogens (tertiary/aromatic N) is 3. The summed E-state index contributed by atoms with van der Waals surface area (Å²) in [6.07, 6.45) is 0.577. The van der Waals surface area contributed by atoms with E-state index in [0.29, 0.717) is 29.9 Å². The molecule has 0 saturated heterocycles. The van der Waals surface area contributed by atoms with Crippen LogP contribution in [0.1, 0.15) is 53.8 Å². The Morgan fingerprint density at radius 2 is 1.81 bits per heavy atom. The quantitative estimate of drug-likeness (QED) is 0.568. The first kappa shape index (κ1) is 22.9. The molecule has 1 rings (SSSR count). The second kappa shape index (κ2) is 9.72. The number of urea groups is 1. The SMILES string of the molecule is CC(C)Cn1c(CCC(N)=O)nnc1S[C@H](C)C(=O)NC(=O)NC(C)(C)C. The van der Waals surface area contributed by atoms with Crippen molar-refractivity contribution in [2.24, 2.45) is 11.7 Å². The Labute approximate surface area is 164 Å².